The average molecular weight is 437 g/mol. The molecule has 1 atom stereocenters. The minimum absolute atomic E-state index is 0.00223. The van der Waals surface area contributed by atoms with Gasteiger partial charge in [-0.05, 0) is 38.2 Å². The van der Waals surface area contributed by atoms with Crippen LogP contribution in [0.4, 0.5) is 14.5 Å². The third-order valence-electron chi connectivity index (χ3n) is 5.67. The van der Waals surface area contributed by atoms with E-state index in [1.807, 2.05) is 0 Å². The molecule has 1 saturated carbocycles. The highest BCUT2D eigenvalue weighted by Crippen LogP contribution is 2.40. The summed E-state index contributed by atoms with van der Waals surface area (Å²) in [6.45, 7) is 3.13. The molecule has 1 aliphatic carbocycles. The molecule has 2 aliphatic rings. The fourth-order valence-electron chi connectivity index (χ4n) is 4.06. The molecule has 0 bridgehead atoms. The number of nitrogens with one attached hydrogen (secondary N) is 2. The molecule has 29 heavy (non-hydrogen) atoms. The number of fused-ring (bicyclic) bond motifs is 1. The lowest BCUT2D eigenvalue weighted by Crippen LogP contribution is -2.28. The molecule has 9 heteroatoms. The van der Waals surface area contributed by atoms with Crippen LogP contribution in [0.2, 0.25) is 0 Å². The molecule has 2 heterocycles. The Morgan fingerprint density at radius 2 is 2.10 bits per heavy atom. The largest absolute Gasteiger partial charge is 0.371 e. The van der Waals surface area contributed by atoms with Gasteiger partial charge < -0.3 is 20.2 Å². The first-order valence-corrected chi connectivity index (χ1v) is 10.5. The number of thiocarbonyl (C=S) groups is 1. The Bertz CT molecular complexity index is 1080. The molecule has 2 fully saturated rings. The number of hydrogen-bond donors (Lipinski definition) is 3. The van der Waals surface area contributed by atoms with E-state index in [4.69, 9.17) is 17.6 Å². The van der Waals surface area contributed by atoms with Crippen molar-refractivity contribution < 1.29 is 8.78 Å². The van der Waals surface area contributed by atoms with E-state index in [9.17, 15) is 4.79 Å². The molecule has 0 amide bonds. The summed E-state index contributed by atoms with van der Waals surface area (Å²) in [5.74, 6) is -1.24. The van der Waals surface area contributed by atoms with Crippen LogP contribution in [0, 0.1) is 23.0 Å². The van der Waals surface area contributed by atoms with Crippen LogP contribution in [0.25, 0.3) is 10.9 Å². The van der Waals surface area contributed by atoms with E-state index < -0.39 is 17.1 Å². The molecule has 2 aromatic rings. The van der Waals surface area contributed by atoms with Crippen molar-refractivity contribution in [3.8, 4) is 0 Å². The second kappa shape index (κ2) is 7.68. The highest BCUT2D eigenvalue weighted by atomic mass is 32.1. The smallest absolute Gasteiger partial charge is 0.198 e. The van der Waals surface area contributed by atoms with Crippen molar-refractivity contribution in [1.29, 1.82) is 5.41 Å². The fraction of sp³-hybridized carbons (Fsp3) is 0.450. The van der Waals surface area contributed by atoms with E-state index in [1.54, 1.807) is 15.7 Å². The molecular formula is C20H22F2N4OS2. The van der Waals surface area contributed by atoms with Crippen molar-refractivity contribution in [1.82, 2.24) is 9.88 Å². The maximum Gasteiger partial charge on any atom is 0.198 e. The topological polar surface area (TPSA) is 61.1 Å². The van der Waals surface area contributed by atoms with Gasteiger partial charge in [0.05, 0.1) is 16.5 Å². The SMILES string of the molecule is CC(=N)c1cn(C2CC2)c2c(F)c(N3CCC(CNC(=S)S)C3)c(F)cc2c1=O. The monoisotopic (exact) mass is 436 g/mol. The third kappa shape index (κ3) is 3.77. The molecule has 0 radical (unpaired) electrons. The molecule has 154 valence electrons. The first-order chi connectivity index (χ1) is 13.8. The fourth-order valence-corrected chi connectivity index (χ4v) is 4.24. The summed E-state index contributed by atoms with van der Waals surface area (Å²) in [4.78, 5) is 14.5. The molecule has 1 aromatic heterocycles. The molecule has 1 aromatic carbocycles. The minimum atomic E-state index is -0.743. The number of rotatable bonds is 5. The van der Waals surface area contributed by atoms with Gasteiger partial charge in [-0.25, -0.2) is 8.78 Å². The molecule has 1 aliphatic heterocycles. The van der Waals surface area contributed by atoms with Gasteiger partial charge in [0.1, 0.15) is 15.8 Å². The Balaban J connectivity index is 1.80. The molecular weight excluding hydrogens is 414 g/mol. The molecule has 2 N–H and O–H groups in total. The zero-order chi connectivity index (χ0) is 20.9. The second-order valence-electron chi connectivity index (χ2n) is 7.84. The lowest BCUT2D eigenvalue weighted by molar-refractivity contribution is 0.563. The number of aromatic nitrogens is 1. The van der Waals surface area contributed by atoms with Crippen LogP contribution < -0.4 is 15.6 Å². The molecule has 4 rings (SSSR count). The van der Waals surface area contributed by atoms with Gasteiger partial charge in [-0.1, -0.05) is 12.2 Å². The van der Waals surface area contributed by atoms with Crippen LogP contribution in [0.15, 0.2) is 17.1 Å². The van der Waals surface area contributed by atoms with Crippen LogP contribution in [0.3, 0.4) is 0 Å². The van der Waals surface area contributed by atoms with Crippen molar-refractivity contribution in [2.45, 2.75) is 32.2 Å². The molecule has 0 spiro atoms. The van der Waals surface area contributed by atoms with Crippen molar-refractivity contribution >= 4 is 51.5 Å². The van der Waals surface area contributed by atoms with E-state index >= 15 is 8.78 Å². The van der Waals surface area contributed by atoms with E-state index in [2.05, 4.69) is 17.9 Å². The number of anilines is 1. The predicted molar refractivity (Wildman–Crippen MR) is 119 cm³/mol. The molecule has 5 nitrogen and oxygen atoms in total. The Hall–Kier alpha value is -2.00. The van der Waals surface area contributed by atoms with E-state index in [0.29, 0.717) is 24.0 Å². The Morgan fingerprint density at radius 3 is 2.72 bits per heavy atom. The van der Waals surface area contributed by atoms with E-state index in [0.717, 1.165) is 25.3 Å². The second-order valence-corrected chi connectivity index (χ2v) is 9.00. The van der Waals surface area contributed by atoms with Crippen LogP contribution in [-0.2, 0) is 0 Å². The predicted octanol–water partition coefficient (Wildman–Crippen LogP) is 3.63. The quantitative estimate of drug-likeness (QED) is 0.381. The first kappa shape index (κ1) is 20.3. The van der Waals surface area contributed by atoms with E-state index in [-0.39, 0.29) is 39.8 Å². The van der Waals surface area contributed by atoms with Crippen molar-refractivity contribution in [2.24, 2.45) is 5.92 Å². The number of hydrogen-bond acceptors (Lipinski definition) is 4. The van der Waals surface area contributed by atoms with Gasteiger partial charge in [-0.3, -0.25) is 4.79 Å². The number of pyridine rings is 1. The highest BCUT2D eigenvalue weighted by molar-refractivity contribution is 8.11. The highest BCUT2D eigenvalue weighted by Gasteiger charge is 2.32. The maximum absolute atomic E-state index is 15.6. The third-order valence-corrected chi connectivity index (χ3v) is 5.97. The van der Waals surface area contributed by atoms with Gasteiger partial charge in [-0.2, -0.15) is 0 Å². The Labute approximate surface area is 178 Å². The zero-order valence-corrected chi connectivity index (χ0v) is 17.7. The summed E-state index contributed by atoms with van der Waals surface area (Å²) in [6.07, 6.45) is 4.09. The standard InChI is InChI=1S/C20H22F2N4OS2/c1-10(23)14-9-26(12-2-3-12)17-13(19(14)27)6-15(21)18(16(17)22)25-5-4-11(8-25)7-24-20(28)29/h6,9,11-12,23H,2-5,7-8H2,1H3,(H2,24,28,29). The summed E-state index contributed by atoms with van der Waals surface area (Å²) in [5, 5.41) is 10.8. The normalized spacial score (nSPS) is 19.0. The Morgan fingerprint density at radius 1 is 1.38 bits per heavy atom. The van der Waals surface area contributed by atoms with Gasteiger partial charge in [-0.15, -0.1) is 12.6 Å². The zero-order valence-electron chi connectivity index (χ0n) is 16.0. The summed E-state index contributed by atoms with van der Waals surface area (Å²) < 4.78 is 32.8. The summed E-state index contributed by atoms with van der Waals surface area (Å²) >= 11 is 8.95. The van der Waals surface area contributed by atoms with Gasteiger partial charge in [0, 0.05) is 37.6 Å². The lowest BCUT2D eigenvalue weighted by atomic mass is 10.1. The summed E-state index contributed by atoms with van der Waals surface area (Å²) in [6, 6.07) is 1.21. The molecule has 1 unspecified atom stereocenters. The van der Waals surface area contributed by atoms with E-state index in [1.165, 1.54) is 6.92 Å². The van der Waals surface area contributed by atoms with Crippen LogP contribution in [-0.4, -0.2) is 34.2 Å². The van der Waals surface area contributed by atoms with Crippen molar-refractivity contribution in [3.63, 3.8) is 0 Å². The van der Waals surface area contributed by atoms with Gasteiger partial charge >= 0.3 is 0 Å². The van der Waals surface area contributed by atoms with Crippen molar-refractivity contribution in [2.75, 3.05) is 24.5 Å². The summed E-state index contributed by atoms with van der Waals surface area (Å²) in [5.41, 5.74) is -0.169. The lowest BCUT2D eigenvalue weighted by Gasteiger charge is -2.23. The summed E-state index contributed by atoms with van der Waals surface area (Å²) in [7, 11) is 0. The number of benzene rings is 1. The van der Waals surface area contributed by atoms with Gasteiger partial charge in [0.15, 0.2) is 11.2 Å². The van der Waals surface area contributed by atoms with Crippen LogP contribution >= 0.6 is 24.8 Å². The maximum atomic E-state index is 15.6. The number of thiol groups is 1. The van der Waals surface area contributed by atoms with Gasteiger partial charge in [0.2, 0.25) is 0 Å². The minimum Gasteiger partial charge on any atom is -0.371 e. The average Bonchev–Trinajstić information content (AvgIpc) is 3.39. The van der Waals surface area contributed by atoms with Crippen molar-refractivity contribution in [3.05, 3.63) is 39.7 Å². The van der Waals surface area contributed by atoms with Crippen LogP contribution in [0.1, 0.15) is 37.8 Å². The number of halogens is 2. The van der Waals surface area contributed by atoms with Gasteiger partial charge in [0.25, 0.3) is 0 Å². The number of nitrogens with zero attached hydrogens (tertiary/aromatic N) is 2. The Kier molecular flexibility index (Phi) is 5.37. The molecule has 1 saturated heterocycles. The first-order valence-electron chi connectivity index (χ1n) is 9.62. The van der Waals surface area contributed by atoms with Crippen LogP contribution in [0.5, 0.6) is 0 Å².